The van der Waals surface area contributed by atoms with E-state index in [1.54, 1.807) is 42.1 Å². The molecule has 0 aliphatic carbocycles. The molecule has 408 valence electrons. The van der Waals surface area contributed by atoms with E-state index in [4.69, 9.17) is 29.8 Å². The summed E-state index contributed by atoms with van der Waals surface area (Å²) in [6.07, 6.45) is 6.49. The Labute approximate surface area is 440 Å². The van der Waals surface area contributed by atoms with Gasteiger partial charge in [-0.2, -0.15) is 0 Å². The first-order chi connectivity index (χ1) is 37.2. The average Bonchev–Trinajstić information content (AvgIpc) is 4.26. The number of oxazole rings is 2. The monoisotopic (exact) mass is 1080 g/mol. The minimum Gasteiger partial charge on any atom is -0.491 e. The molecule has 0 fully saturated rings. The molecule has 1 aliphatic heterocycles. The number of nitrogens with zero attached hydrogens (tertiary/aromatic N) is 8. The van der Waals surface area contributed by atoms with Crippen molar-refractivity contribution in [2.75, 3.05) is 36.9 Å². The molecule has 1 aliphatic rings. The number of fused-ring (bicyclic) bond motifs is 2. The number of rotatable bonds is 26. The minimum atomic E-state index is -1.45. The third-order valence-corrected chi connectivity index (χ3v) is 11.6. The van der Waals surface area contributed by atoms with Crippen LogP contribution in [-0.2, 0) is 59.4 Å². The molecular formula is C49H52N14O15. The number of primary amides is 2. The highest BCUT2D eigenvalue weighted by molar-refractivity contribution is 6.14. The van der Waals surface area contributed by atoms with Gasteiger partial charge in [-0.1, -0.05) is 26.0 Å². The van der Waals surface area contributed by atoms with E-state index < -0.39 is 84.7 Å². The Bertz CT molecular complexity index is 3440. The lowest BCUT2D eigenvalue weighted by molar-refractivity contribution is -0.145. The number of ether oxygens (including phenoxy) is 2. The summed E-state index contributed by atoms with van der Waals surface area (Å²) < 4.78 is 25.8. The highest BCUT2D eigenvalue weighted by Gasteiger charge is 2.30. The number of carboxylic acids is 1. The molecule has 9 N–H and O–H groups in total. The first-order valence-electron chi connectivity index (χ1n) is 24.1. The molecule has 0 bridgehead atoms. The zero-order valence-electron chi connectivity index (χ0n) is 42.4. The molecule has 0 saturated carbocycles. The molecule has 6 heterocycles. The van der Waals surface area contributed by atoms with Crippen LogP contribution in [0.2, 0.25) is 0 Å². The summed E-state index contributed by atoms with van der Waals surface area (Å²) in [4.78, 5) is 148. The van der Waals surface area contributed by atoms with Crippen LogP contribution in [0.15, 0.2) is 57.5 Å². The molecular weight excluding hydrogens is 1020 g/mol. The average molecular weight is 1080 g/mol. The number of nitrogens with one attached hydrogen (secondary N) is 4. The fraction of sp³-hybridized carbons (Fsp3) is 0.327. The molecule has 78 heavy (non-hydrogen) atoms. The number of anilines is 2. The standard InChI is InChI=1S/C49H52N14O15/c1-5-28-40(77-24(3)54-28)46(73)59-48-57-31-18-26(42(50)70)20-33(75-16-9-17-76-38(69)22-53-45(72)30(10-13-37(67)68)56-34(64)23-63-35(65)11-12-36(63)66)39(31)61(48)14-7-8-15-62-44-32(19-27(21-52-44)43(51)71)58-49(62)60-47(74)41-29(6-2)55-25(4)78-41/h7-8,11-12,18-21,30H,5-6,9-10,13-17,22-23H2,1-4H3,(H2,50,70)(H2,51,71)(H,53,72)(H,56,64)(H,67,68)(H,57,59,73)(H,58,60,74)/b8-7+/t30-/m1/s1. The van der Waals surface area contributed by atoms with Crippen molar-refractivity contribution in [2.45, 2.75) is 78.9 Å². The van der Waals surface area contributed by atoms with Crippen LogP contribution in [-0.4, -0.2) is 136 Å². The number of allylic oxidation sites excluding steroid dienone is 2. The Morgan fingerprint density at radius 1 is 0.769 bits per heavy atom. The number of aryl methyl sites for hydroxylation is 4. The number of amides is 8. The Morgan fingerprint density at radius 3 is 1.94 bits per heavy atom. The number of pyridine rings is 1. The van der Waals surface area contributed by atoms with Gasteiger partial charge < -0.3 is 50.1 Å². The molecule has 0 unspecified atom stereocenters. The summed E-state index contributed by atoms with van der Waals surface area (Å²) in [5, 5.41) is 19.2. The lowest BCUT2D eigenvalue weighted by Gasteiger charge is -2.19. The Balaban J connectivity index is 1.08. The van der Waals surface area contributed by atoms with Gasteiger partial charge in [-0.25, -0.2) is 24.9 Å². The Hall–Kier alpha value is -10.1. The van der Waals surface area contributed by atoms with E-state index in [1.807, 2.05) is 6.92 Å². The molecule has 29 heteroatoms. The van der Waals surface area contributed by atoms with Gasteiger partial charge >= 0.3 is 11.9 Å². The molecule has 7 rings (SSSR count). The van der Waals surface area contributed by atoms with E-state index in [0.29, 0.717) is 29.1 Å². The van der Waals surface area contributed by atoms with E-state index in [1.165, 1.54) is 24.4 Å². The van der Waals surface area contributed by atoms with Gasteiger partial charge in [0.05, 0.1) is 35.7 Å². The second-order valence-electron chi connectivity index (χ2n) is 17.1. The number of aliphatic carboxylic acids is 1. The predicted octanol–water partition coefficient (Wildman–Crippen LogP) is 1.16. The normalized spacial score (nSPS) is 12.6. The number of imidazole rings is 2. The van der Waals surface area contributed by atoms with Crippen LogP contribution in [0, 0.1) is 13.8 Å². The van der Waals surface area contributed by atoms with Crippen molar-refractivity contribution in [3.05, 3.63) is 94.5 Å². The molecule has 8 amide bonds. The highest BCUT2D eigenvalue weighted by atomic mass is 16.5. The van der Waals surface area contributed by atoms with E-state index >= 15 is 0 Å². The number of hydrogen-bond acceptors (Lipinski definition) is 19. The first-order valence-corrected chi connectivity index (χ1v) is 24.1. The summed E-state index contributed by atoms with van der Waals surface area (Å²) in [5.74, 6) is -7.88. The smallest absolute Gasteiger partial charge is 0.325 e. The highest BCUT2D eigenvalue weighted by Crippen LogP contribution is 2.32. The van der Waals surface area contributed by atoms with Gasteiger partial charge in [0, 0.05) is 63.7 Å². The Kier molecular flexibility index (Phi) is 17.5. The molecule has 1 aromatic carbocycles. The second kappa shape index (κ2) is 24.5. The van der Waals surface area contributed by atoms with Crippen molar-refractivity contribution in [1.29, 1.82) is 0 Å². The summed E-state index contributed by atoms with van der Waals surface area (Å²) in [5.41, 5.74) is 13.1. The Morgan fingerprint density at radius 2 is 1.35 bits per heavy atom. The molecule has 0 spiro atoms. The maximum atomic E-state index is 13.8. The minimum absolute atomic E-state index is 0.00940. The topological polar surface area (TPSA) is 413 Å². The van der Waals surface area contributed by atoms with Gasteiger partial charge in [-0.3, -0.25) is 68.0 Å². The van der Waals surface area contributed by atoms with Gasteiger partial charge in [0.2, 0.25) is 47.0 Å². The molecule has 0 saturated heterocycles. The summed E-state index contributed by atoms with van der Waals surface area (Å²) >= 11 is 0. The number of imide groups is 1. The van der Waals surface area contributed by atoms with Gasteiger partial charge in [0.1, 0.15) is 35.9 Å². The predicted molar refractivity (Wildman–Crippen MR) is 269 cm³/mol. The van der Waals surface area contributed by atoms with Crippen LogP contribution in [0.25, 0.3) is 22.2 Å². The first kappa shape index (κ1) is 55.7. The van der Waals surface area contributed by atoms with Crippen molar-refractivity contribution in [3.8, 4) is 5.75 Å². The number of hydrogen-bond donors (Lipinski definition) is 7. The summed E-state index contributed by atoms with van der Waals surface area (Å²) in [6, 6.07) is 2.74. The SMILES string of the molecule is CCc1nc(C)oc1C(=O)Nc1nc2cc(C(N)=O)cnc2n1C/C=C/Cn1c(NC(=O)c2oc(C)nc2CC)nc2cc(C(N)=O)cc(OCCCOC(=O)CNC(=O)[C@@H](CCC(=O)O)NC(=O)CN3C(=O)C=CC3=O)c21. The van der Waals surface area contributed by atoms with E-state index in [-0.39, 0.29) is 113 Å². The third kappa shape index (κ3) is 13.2. The van der Waals surface area contributed by atoms with Crippen LogP contribution >= 0.6 is 0 Å². The van der Waals surface area contributed by atoms with Gasteiger partial charge in [-0.05, 0) is 37.5 Å². The van der Waals surface area contributed by atoms with Crippen LogP contribution < -0.4 is 37.5 Å². The quantitative estimate of drug-likeness (QED) is 0.0173. The molecule has 6 aromatic rings. The third-order valence-electron chi connectivity index (χ3n) is 11.6. The van der Waals surface area contributed by atoms with Crippen LogP contribution in [0.4, 0.5) is 11.9 Å². The van der Waals surface area contributed by atoms with E-state index in [9.17, 15) is 53.1 Å². The maximum Gasteiger partial charge on any atom is 0.325 e. The molecule has 1 atom stereocenters. The number of carbonyl (C=O) groups is 10. The summed E-state index contributed by atoms with van der Waals surface area (Å²) in [7, 11) is 0. The second-order valence-corrected chi connectivity index (χ2v) is 17.1. The zero-order chi connectivity index (χ0) is 56.4. The molecule has 29 nitrogen and oxygen atoms in total. The number of carboxylic acid groups (broad SMARTS) is 1. The van der Waals surface area contributed by atoms with Crippen LogP contribution in [0.3, 0.4) is 0 Å². The number of esters is 1. The lowest BCUT2D eigenvalue weighted by atomic mass is 10.1. The van der Waals surface area contributed by atoms with Crippen LogP contribution in [0.5, 0.6) is 5.75 Å². The maximum absolute atomic E-state index is 13.8. The van der Waals surface area contributed by atoms with E-state index in [0.717, 1.165) is 12.2 Å². The van der Waals surface area contributed by atoms with Gasteiger partial charge in [0.15, 0.2) is 17.4 Å². The van der Waals surface area contributed by atoms with E-state index in [2.05, 4.69) is 46.2 Å². The fourth-order valence-corrected chi connectivity index (χ4v) is 7.89. The number of carbonyl (C=O) groups excluding carboxylic acids is 9. The van der Waals surface area contributed by atoms with Crippen molar-refractivity contribution in [1.82, 2.24) is 49.6 Å². The summed E-state index contributed by atoms with van der Waals surface area (Å²) in [6.45, 7) is 5.00. The van der Waals surface area contributed by atoms with Crippen molar-refractivity contribution in [3.63, 3.8) is 0 Å². The zero-order valence-corrected chi connectivity index (χ0v) is 42.4. The molecule has 0 radical (unpaired) electrons. The fourth-order valence-electron chi connectivity index (χ4n) is 7.89. The van der Waals surface area contributed by atoms with Crippen LogP contribution in [0.1, 0.15) is 98.1 Å². The lowest BCUT2D eigenvalue weighted by Crippen LogP contribution is -2.51. The van der Waals surface area contributed by atoms with Crippen molar-refractivity contribution < 1.29 is 71.4 Å². The molecule has 5 aromatic heterocycles. The van der Waals surface area contributed by atoms with Crippen molar-refractivity contribution >= 4 is 93.3 Å². The van der Waals surface area contributed by atoms with Gasteiger partial charge in [-0.15, -0.1) is 0 Å². The number of aromatic nitrogens is 7. The number of benzene rings is 1. The number of nitrogens with two attached hydrogens (primary N) is 2. The van der Waals surface area contributed by atoms with Crippen molar-refractivity contribution in [2.24, 2.45) is 11.5 Å². The van der Waals surface area contributed by atoms with Gasteiger partial charge in [0.25, 0.3) is 23.6 Å². The largest absolute Gasteiger partial charge is 0.491 e.